The van der Waals surface area contributed by atoms with E-state index < -0.39 is 0 Å². The number of nitrogens with zero attached hydrogens (tertiary/aromatic N) is 4. The topological polar surface area (TPSA) is 74.1 Å². The summed E-state index contributed by atoms with van der Waals surface area (Å²) in [5.74, 6) is 0.603. The fourth-order valence-electron chi connectivity index (χ4n) is 2.69. The van der Waals surface area contributed by atoms with Crippen molar-refractivity contribution in [3.8, 4) is 6.07 Å². The molecule has 24 heavy (non-hydrogen) atoms. The Morgan fingerprint density at radius 3 is 2.75 bits per heavy atom. The third kappa shape index (κ3) is 4.01. The van der Waals surface area contributed by atoms with Crippen molar-refractivity contribution in [3.05, 3.63) is 52.9 Å². The quantitative estimate of drug-likeness (QED) is 0.919. The van der Waals surface area contributed by atoms with Gasteiger partial charge >= 0.3 is 0 Å². The van der Waals surface area contributed by atoms with Crippen LogP contribution >= 0.6 is 11.6 Å². The fourth-order valence-corrected chi connectivity index (χ4v) is 2.82. The molecule has 0 amide bonds. The maximum absolute atomic E-state index is 8.84. The number of ether oxygens (including phenoxy) is 1. The van der Waals surface area contributed by atoms with E-state index in [4.69, 9.17) is 21.6 Å². The normalized spacial score (nSPS) is 19.5. The van der Waals surface area contributed by atoms with E-state index in [1.807, 2.05) is 30.3 Å². The average Bonchev–Trinajstić information content (AvgIpc) is 2.61. The minimum absolute atomic E-state index is 0.0256. The molecule has 1 aliphatic rings. The van der Waals surface area contributed by atoms with Gasteiger partial charge in [-0.1, -0.05) is 23.7 Å². The van der Waals surface area contributed by atoms with Crippen molar-refractivity contribution in [2.75, 3.05) is 32.1 Å². The van der Waals surface area contributed by atoms with Gasteiger partial charge in [0.05, 0.1) is 31.1 Å². The number of morpholine rings is 1. The van der Waals surface area contributed by atoms with Crippen LogP contribution in [0.4, 0.5) is 5.82 Å². The summed E-state index contributed by atoms with van der Waals surface area (Å²) in [5, 5.41) is 12.9. The lowest BCUT2D eigenvalue weighted by atomic mass is 10.00. The first-order chi connectivity index (χ1) is 11.7. The fraction of sp³-hybridized carbons (Fsp3) is 0.353. The third-order valence-electron chi connectivity index (χ3n) is 3.97. The van der Waals surface area contributed by atoms with E-state index in [0.29, 0.717) is 17.4 Å². The Bertz CT molecular complexity index is 713. The average molecular weight is 344 g/mol. The molecule has 0 radical (unpaired) electrons. The molecule has 6 nitrogen and oxygen atoms in total. The molecule has 124 valence electrons. The van der Waals surface area contributed by atoms with Gasteiger partial charge in [0.1, 0.15) is 11.9 Å². The number of hydrogen-bond donors (Lipinski definition) is 1. The first-order valence-electron chi connectivity index (χ1n) is 7.70. The number of benzene rings is 1. The summed E-state index contributed by atoms with van der Waals surface area (Å²) in [6.07, 6.45) is 2.99. The van der Waals surface area contributed by atoms with Crippen molar-refractivity contribution < 1.29 is 4.74 Å². The third-order valence-corrected chi connectivity index (χ3v) is 4.22. The Hall–Kier alpha value is -2.20. The van der Waals surface area contributed by atoms with Crippen LogP contribution in [0.3, 0.4) is 0 Å². The van der Waals surface area contributed by atoms with Crippen LogP contribution in [0, 0.1) is 11.3 Å². The van der Waals surface area contributed by atoms with Crippen LogP contribution in [0.5, 0.6) is 0 Å². The van der Waals surface area contributed by atoms with E-state index in [2.05, 4.69) is 27.2 Å². The highest BCUT2D eigenvalue weighted by Gasteiger charge is 2.28. The molecule has 0 bridgehead atoms. The highest BCUT2D eigenvalue weighted by Crippen LogP contribution is 2.27. The van der Waals surface area contributed by atoms with E-state index in [1.165, 1.54) is 6.20 Å². The van der Waals surface area contributed by atoms with Gasteiger partial charge in [-0.2, -0.15) is 5.26 Å². The zero-order chi connectivity index (χ0) is 16.9. The molecule has 3 rings (SSSR count). The van der Waals surface area contributed by atoms with Crippen LogP contribution in [0.25, 0.3) is 0 Å². The zero-order valence-corrected chi connectivity index (χ0v) is 14.1. The molecule has 1 aliphatic heterocycles. The van der Waals surface area contributed by atoms with Crippen molar-refractivity contribution in [1.29, 1.82) is 5.26 Å². The van der Waals surface area contributed by atoms with Crippen LogP contribution in [-0.4, -0.2) is 47.7 Å². The molecule has 2 atom stereocenters. The second kappa shape index (κ2) is 7.58. The van der Waals surface area contributed by atoms with Gasteiger partial charge < -0.3 is 15.0 Å². The second-order valence-corrected chi connectivity index (χ2v) is 6.18. The number of halogens is 1. The smallest absolute Gasteiger partial charge is 0.158 e. The predicted molar refractivity (Wildman–Crippen MR) is 91.8 cm³/mol. The Kier molecular flexibility index (Phi) is 5.26. The summed E-state index contributed by atoms with van der Waals surface area (Å²) in [5.41, 5.74) is 1.35. The van der Waals surface area contributed by atoms with Gasteiger partial charge in [0.25, 0.3) is 0 Å². The molecule has 7 heteroatoms. The maximum atomic E-state index is 8.84. The van der Waals surface area contributed by atoms with Crippen molar-refractivity contribution in [2.24, 2.45) is 0 Å². The Balaban J connectivity index is 1.85. The molecule has 1 N–H and O–H groups in total. The summed E-state index contributed by atoms with van der Waals surface area (Å²) in [6.45, 7) is 2.41. The highest BCUT2D eigenvalue weighted by atomic mass is 35.5. The maximum Gasteiger partial charge on any atom is 0.158 e. The largest absolute Gasteiger partial charge is 0.373 e. The molecule has 0 aliphatic carbocycles. The first kappa shape index (κ1) is 16.7. The molecule has 0 spiro atoms. The minimum atomic E-state index is -0.0905. The molecular weight excluding hydrogens is 326 g/mol. The van der Waals surface area contributed by atoms with E-state index in [1.54, 1.807) is 6.20 Å². The van der Waals surface area contributed by atoms with Crippen LogP contribution < -0.4 is 5.32 Å². The lowest BCUT2D eigenvalue weighted by Crippen LogP contribution is -2.44. The highest BCUT2D eigenvalue weighted by molar-refractivity contribution is 6.30. The lowest BCUT2D eigenvalue weighted by molar-refractivity contribution is -0.0292. The molecule has 1 fully saturated rings. The molecule has 2 heterocycles. The second-order valence-electron chi connectivity index (χ2n) is 5.74. The molecule has 1 aromatic heterocycles. The Morgan fingerprint density at radius 2 is 2.12 bits per heavy atom. The number of nitrogens with one attached hydrogen (secondary N) is 1. The number of rotatable bonds is 4. The van der Waals surface area contributed by atoms with Gasteiger partial charge in [-0.3, -0.25) is 0 Å². The number of anilines is 1. The standard InChI is InChI=1S/C17H18ClN5O/c1-23-6-7-24-15(11-23)17(12-2-4-13(18)5-3-12)22-16-10-20-14(8-19)9-21-16/h2-5,9-10,15,17H,6-7,11H2,1H3,(H,21,22)/t15-,17-/m1/s1. The van der Waals surface area contributed by atoms with Crippen LogP contribution in [0.15, 0.2) is 36.7 Å². The van der Waals surface area contributed by atoms with Crippen molar-refractivity contribution in [2.45, 2.75) is 12.1 Å². The van der Waals surface area contributed by atoms with Gasteiger partial charge in [0.15, 0.2) is 5.69 Å². The van der Waals surface area contributed by atoms with Gasteiger partial charge in [0.2, 0.25) is 0 Å². The van der Waals surface area contributed by atoms with Crippen molar-refractivity contribution in [1.82, 2.24) is 14.9 Å². The van der Waals surface area contributed by atoms with Gasteiger partial charge in [-0.25, -0.2) is 9.97 Å². The molecule has 2 aromatic rings. The number of aromatic nitrogens is 2. The van der Waals surface area contributed by atoms with E-state index in [0.717, 1.165) is 18.7 Å². The number of nitriles is 1. The van der Waals surface area contributed by atoms with Gasteiger partial charge in [-0.05, 0) is 24.7 Å². The van der Waals surface area contributed by atoms with Crippen LogP contribution in [0.1, 0.15) is 17.3 Å². The summed E-state index contributed by atoms with van der Waals surface area (Å²) < 4.78 is 5.97. The van der Waals surface area contributed by atoms with E-state index >= 15 is 0 Å². The van der Waals surface area contributed by atoms with Crippen LogP contribution in [0.2, 0.25) is 5.02 Å². The van der Waals surface area contributed by atoms with Gasteiger partial charge in [0, 0.05) is 18.1 Å². The van der Waals surface area contributed by atoms with Crippen LogP contribution in [-0.2, 0) is 4.74 Å². The number of hydrogen-bond acceptors (Lipinski definition) is 6. The first-order valence-corrected chi connectivity index (χ1v) is 8.08. The summed E-state index contributed by atoms with van der Waals surface area (Å²) >= 11 is 6.01. The summed E-state index contributed by atoms with van der Waals surface area (Å²) in [7, 11) is 2.08. The van der Waals surface area contributed by atoms with E-state index in [9.17, 15) is 0 Å². The molecule has 1 saturated heterocycles. The van der Waals surface area contributed by atoms with Gasteiger partial charge in [-0.15, -0.1) is 0 Å². The predicted octanol–water partition coefficient (Wildman–Crippen LogP) is 2.49. The van der Waals surface area contributed by atoms with Crippen molar-refractivity contribution >= 4 is 17.4 Å². The van der Waals surface area contributed by atoms with Crippen molar-refractivity contribution in [3.63, 3.8) is 0 Å². The van der Waals surface area contributed by atoms with E-state index in [-0.39, 0.29) is 17.8 Å². The number of likely N-dealkylation sites (N-methyl/N-ethyl adjacent to an activating group) is 1. The summed E-state index contributed by atoms with van der Waals surface area (Å²) in [6, 6.07) is 9.57. The molecule has 0 saturated carbocycles. The monoisotopic (exact) mass is 343 g/mol. The minimum Gasteiger partial charge on any atom is -0.373 e. The SMILES string of the molecule is CN1CCO[C@@H]([C@H](Nc2cnc(C#N)cn2)c2ccc(Cl)cc2)C1. The molecular formula is C17H18ClN5O. The summed E-state index contributed by atoms with van der Waals surface area (Å²) in [4.78, 5) is 10.6. The zero-order valence-electron chi connectivity index (χ0n) is 13.3. The Morgan fingerprint density at radius 1 is 1.33 bits per heavy atom. The Labute approximate surface area is 146 Å². The lowest BCUT2D eigenvalue weighted by Gasteiger charge is -2.36. The molecule has 1 aromatic carbocycles. The molecule has 0 unspecified atom stereocenters.